The molecule has 1 saturated carbocycles. The number of ether oxygens (including phenoxy) is 1. The fraction of sp³-hybridized carbons (Fsp3) is 0.400. The molecule has 3 aromatic rings. The first kappa shape index (κ1) is 17.0. The van der Waals surface area contributed by atoms with Crippen LogP contribution >= 0.6 is 0 Å². The summed E-state index contributed by atoms with van der Waals surface area (Å²) in [6.45, 7) is 2.79. The van der Waals surface area contributed by atoms with Gasteiger partial charge in [0.1, 0.15) is 12.1 Å². The lowest BCUT2D eigenvalue weighted by atomic mass is 10.1. The minimum Gasteiger partial charge on any atom is -0.480 e. The molecule has 0 N–H and O–H groups in total. The number of anilines is 1. The van der Waals surface area contributed by atoms with E-state index in [2.05, 4.69) is 20.0 Å². The normalized spacial score (nSPS) is 17.2. The fourth-order valence-electron chi connectivity index (χ4n) is 3.66. The maximum absolute atomic E-state index is 12.7. The number of nitrogens with zero attached hydrogens (tertiary/aromatic N) is 5. The maximum Gasteiger partial charge on any atom is 0.276 e. The van der Waals surface area contributed by atoms with Crippen LogP contribution < -0.4 is 9.64 Å². The van der Waals surface area contributed by atoms with Crippen molar-refractivity contribution in [2.45, 2.75) is 18.8 Å². The van der Waals surface area contributed by atoms with E-state index in [0.717, 1.165) is 48.3 Å². The number of benzene rings is 1. The summed E-state index contributed by atoms with van der Waals surface area (Å²) in [7, 11) is 1.61. The molecule has 0 radical (unpaired) electrons. The van der Waals surface area contributed by atoms with Crippen molar-refractivity contribution in [3.05, 3.63) is 42.0 Å². The van der Waals surface area contributed by atoms with E-state index in [-0.39, 0.29) is 5.91 Å². The zero-order valence-electron chi connectivity index (χ0n) is 15.7. The van der Waals surface area contributed by atoms with Crippen LogP contribution in [0.4, 0.5) is 5.69 Å². The Morgan fingerprint density at radius 3 is 2.71 bits per heavy atom. The SMILES string of the molecule is COc1ncnc2ccc(N3CCN(C(=O)c4cc(C5CC5)on4)CC3)cc12. The average molecular weight is 379 g/mol. The monoisotopic (exact) mass is 379 g/mol. The van der Waals surface area contributed by atoms with E-state index in [1.807, 2.05) is 29.2 Å². The first-order valence-corrected chi connectivity index (χ1v) is 9.52. The Balaban J connectivity index is 1.28. The largest absolute Gasteiger partial charge is 0.480 e. The third-order valence-corrected chi connectivity index (χ3v) is 5.43. The van der Waals surface area contributed by atoms with Crippen molar-refractivity contribution in [2.24, 2.45) is 0 Å². The third kappa shape index (κ3) is 3.04. The van der Waals surface area contributed by atoms with Gasteiger partial charge in [-0.05, 0) is 31.0 Å². The predicted octanol–water partition coefficient (Wildman–Crippen LogP) is 2.47. The smallest absolute Gasteiger partial charge is 0.276 e. The Bertz CT molecular complexity index is 1020. The van der Waals surface area contributed by atoms with Crippen LogP contribution in [0.25, 0.3) is 10.9 Å². The highest BCUT2D eigenvalue weighted by Crippen LogP contribution is 2.40. The van der Waals surface area contributed by atoms with Crippen LogP contribution in [0.2, 0.25) is 0 Å². The molecule has 144 valence electrons. The maximum atomic E-state index is 12.7. The molecule has 0 bridgehead atoms. The van der Waals surface area contributed by atoms with Gasteiger partial charge >= 0.3 is 0 Å². The Hall–Kier alpha value is -3.16. The lowest BCUT2D eigenvalue weighted by molar-refractivity contribution is 0.0736. The van der Waals surface area contributed by atoms with Gasteiger partial charge in [-0.2, -0.15) is 0 Å². The zero-order chi connectivity index (χ0) is 19.1. The average Bonchev–Trinajstić information content (AvgIpc) is 3.49. The minimum atomic E-state index is -0.0520. The predicted molar refractivity (Wildman–Crippen MR) is 103 cm³/mol. The summed E-state index contributed by atoms with van der Waals surface area (Å²) in [6.07, 6.45) is 3.76. The molecule has 1 aliphatic carbocycles. The second-order valence-corrected chi connectivity index (χ2v) is 7.25. The van der Waals surface area contributed by atoms with E-state index in [9.17, 15) is 4.79 Å². The van der Waals surface area contributed by atoms with Crippen LogP contribution in [0.1, 0.15) is 35.0 Å². The van der Waals surface area contributed by atoms with Crippen LogP contribution in [0.15, 0.2) is 35.1 Å². The van der Waals surface area contributed by atoms with Gasteiger partial charge in [0.15, 0.2) is 5.69 Å². The van der Waals surface area contributed by atoms with Crippen LogP contribution in [0, 0.1) is 0 Å². The van der Waals surface area contributed by atoms with Crippen molar-refractivity contribution in [3.63, 3.8) is 0 Å². The zero-order valence-corrected chi connectivity index (χ0v) is 15.7. The lowest BCUT2D eigenvalue weighted by Crippen LogP contribution is -2.48. The highest BCUT2D eigenvalue weighted by molar-refractivity contribution is 5.92. The van der Waals surface area contributed by atoms with Gasteiger partial charge < -0.3 is 19.1 Å². The highest BCUT2D eigenvalue weighted by atomic mass is 16.5. The first-order chi connectivity index (χ1) is 13.7. The first-order valence-electron chi connectivity index (χ1n) is 9.52. The van der Waals surface area contributed by atoms with Crippen molar-refractivity contribution < 1.29 is 14.1 Å². The summed E-state index contributed by atoms with van der Waals surface area (Å²) in [5.74, 6) is 1.82. The molecule has 1 amide bonds. The number of methoxy groups -OCH3 is 1. The molecular formula is C20H21N5O3. The summed E-state index contributed by atoms with van der Waals surface area (Å²) >= 11 is 0. The standard InChI is InChI=1S/C20H21N5O3/c1-27-19-15-10-14(4-5-16(15)21-12-22-19)24-6-8-25(9-7-24)20(26)17-11-18(28-23-17)13-2-3-13/h4-5,10-13H,2-3,6-9H2,1H3. The van der Waals surface area contributed by atoms with E-state index >= 15 is 0 Å². The third-order valence-electron chi connectivity index (χ3n) is 5.43. The summed E-state index contributed by atoms with van der Waals surface area (Å²) in [5.41, 5.74) is 2.34. The molecule has 28 heavy (non-hydrogen) atoms. The molecule has 3 heterocycles. The van der Waals surface area contributed by atoms with Gasteiger partial charge in [0.2, 0.25) is 5.88 Å². The highest BCUT2D eigenvalue weighted by Gasteiger charge is 2.30. The number of rotatable bonds is 4. The van der Waals surface area contributed by atoms with Gasteiger partial charge in [-0.15, -0.1) is 0 Å². The van der Waals surface area contributed by atoms with E-state index in [1.54, 1.807) is 7.11 Å². The van der Waals surface area contributed by atoms with Crippen molar-refractivity contribution in [3.8, 4) is 5.88 Å². The van der Waals surface area contributed by atoms with Gasteiger partial charge in [-0.25, -0.2) is 9.97 Å². The minimum absolute atomic E-state index is 0.0520. The Morgan fingerprint density at radius 2 is 1.96 bits per heavy atom. The van der Waals surface area contributed by atoms with Crippen LogP contribution in [0.5, 0.6) is 5.88 Å². The van der Waals surface area contributed by atoms with Gasteiger partial charge in [0.05, 0.1) is 18.0 Å². The number of carbonyl (C=O) groups excluding carboxylic acids is 1. The molecule has 2 fully saturated rings. The van der Waals surface area contributed by atoms with Gasteiger partial charge in [-0.1, -0.05) is 5.16 Å². The second kappa shape index (κ2) is 6.78. The van der Waals surface area contributed by atoms with E-state index in [0.29, 0.717) is 30.6 Å². The van der Waals surface area contributed by atoms with Crippen molar-refractivity contribution >= 4 is 22.5 Å². The molecule has 0 spiro atoms. The number of hydrogen-bond donors (Lipinski definition) is 0. The molecular weight excluding hydrogens is 358 g/mol. The number of piperazine rings is 1. The fourth-order valence-corrected chi connectivity index (χ4v) is 3.66. The quantitative estimate of drug-likeness (QED) is 0.688. The molecule has 8 heteroatoms. The second-order valence-electron chi connectivity index (χ2n) is 7.25. The number of fused-ring (bicyclic) bond motifs is 1. The summed E-state index contributed by atoms with van der Waals surface area (Å²) in [5, 5.41) is 4.86. The lowest BCUT2D eigenvalue weighted by Gasteiger charge is -2.35. The van der Waals surface area contributed by atoms with Gasteiger partial charge in [0, 0.05) is 43.9 Å². The van der Waals surface area contributed by atoms with Crippen LogP contribution in [-0.2, 0) is 0 Å². The summed E-state index contributed by atoms with van der Waals surface area (Å²) < 4.78 is 10.7. The van der Waals surface area contributed by atoms with Gasteiger partial charge in [0.25, 0.3) is 5.91 Å². The van der Waals surface area contributed by atoms with Crippen LogP contribution in [-0.4, -0.2) is 59.2 Å². The molecule has 0 unspecified atom stereocenters. The molecule has 0 atom stereocenters. The number of carbonyl (C=O) groups is 1. The molecule has 2 aliphatic rings. The van der Waals surface area contributed by atoms with Crippen LogP contribution in [0.3, 0.4) is 0 Å². The molecule has 2 aromatic heterocycles. The van der Waals surface area contributed by atoms with E-state index < -0.39 is 0 Å². The molecule has 1 aromatic carbocycles. The van der Waals surface area contributed by atoms with Crippen molar-refractivity contribution in [1.29, 1.82) is 0 Å². The summed E-state index contributed by atoms with van der Waals surface area (Å²) in [4.78, 5) is 25.3. The van der Waals surface area contributed by atoms with E-state index in [4.69, 9.17) is 9.26 Å². The number of amides is 1. The van der Waals surface area contributed by atoms with Crippen molar-refractivity contribution in [1.82, 2.24) is 20.0 Å². The number of aromatic nitrogens is 3. The Labute approximate surface area is 162 Å². The summed E-state index contributed by atoms with van der Waals surface area (Å²) in [6, 6.07) is 7.88. The molecule has 1 saturated heterocycles. The van der Waals surface area contributed by atoms with Gasteiger partial charge in [-0.3, -0.25) is 4.79 Å². The molecule has 1 aliphatic heterocycles. The van der Waals surface area contributed by atoms with Crippen molar-refractivity contribution in [2.75, 3.05) is 38.2 Å². The Kier molecular flexibility index (Phi) is 4.11. The topological polar surface area (TPSA) is 84.6 Å². The molecule has 5 rings (SSSR count). The van der Waals surface area contributed by atoms with E-state index in [1.165, 1.54) is 6.33 Å². The molecule has 8 nitrogen and oxygen atoms in total. The Morgan fingerprint density at radius 1 is 1.14 bits per heavy atom. The number of hydrogen-bond acceptors (Lipinski definition) is 7.